The van der Waals surface area contributed by atoms with Gasteiger partial charge in [0.25, 0.3) is 0 Å². The zero-order valence-electron chi connectivity index (χ0n) is 12.1. The van der Waals surface area contributed by atoms with E-state index in [9.17, 15) is 4.79 Å². The summed E-state index contributed by atoms with van der Waals surface area (Å²) >= 11 is 0. The number of ether oxygens (including phenoxy) is 1. The number of aryl methyl sites for hydroxylation is 2. The normalized spacial score (nSPS) is 11.0. The molecule has 0 bridgehead atoms. The molecule has 0 aliphatic rings. The maximum absolute atomic E-state index is 11.2. The number of fused-ring (bicyclic) bond motifs is 1. The van der Waals surface area contributed by atoms with Crippen LogP contribution in [0, 0.1) is 20.8 Å². The van der Waals surface area contributed by atoms with Crippen molar-refractivity contribution in [3.8, 4) is 11.5 Å². The molecule has 1 heterocycles. The van der Waals surface area contributed by atoms with E-state index in [4.69, 9.17) is 14.9 Å². The van der Waals surface area contributed by atoms with Crippen molar-refractivity contribution in [1.82, 2.24) is 4.98 Å². The number of oxazole rings is 1. The van der Waals surface area contributed by atoms with Crippen molar-refractivity contribution >= 4 is 16.8 Å². The molecule has 5 nitrogen and oxygen atoms in total. The number of nitrogens with two attached hydrogens (primary N) is 1. The Labute approximate surface area is 121 Å². The summed E-state index contributed by atoms with van der Waals surface area (Å²) in [4.78, 5) is 13.8. The highest BCUT2D eigenvalue weighted by molar-refractivity contribution is 5.80. The maximum Gasteiger partial charge on any atom is 0.417 e. The van der Waals surface area contributed by atoms with Gasteiger partial charge in [-0.2, -0.15) is 0 Å². The molecule has 2 aromatic carbocycles. The second-order valence-corrected chi connectivity index (χ2v) is 5.16. The fourth-order valence-corrected chi connectivity index (χ4v) is 2.27. The van der Waals surface area contributed by atoms with Crippen LogP contribution in [0.4, 0.5) is 5.69 Å². The van der Waals surface area contributed by atoms with Crippen LogP contribution in [0.5, 0.6) is 11.5 Å². The minimum Gasteiger partial charge on any atom is -0.455 e. The molecule has 0 fully saturated rings. The second kappa shape index (κ2) is 4.70. The lowest BCUT2D eigenvalue weighted by molar-refractivity contribution is 0.477. The van der Waals surface area contributed by atoms with Crippen LogP contribution in [-0.2, 0) is 0 Å². The fourth-order valence-electron chi connectivity index (χ4n) is 2.27. The Morgan fingerprint density at radius 3 is 2.62 bits per heavy atom. The Bertz CT molecular complexity index is 890. The lowest BCUT2D eigenvalue weighted by atomic mass is 10.1. The Morgan fingerprint density at radius 1 is 1.14 bits per heavy atom. The number of aromatic amines is 1. The van der Waals surface area contributed by atoms with Crippen LogP contribution < -0.4 is 16.2 Å². The number of nitrogens with one attached hydrogen (secondary N) is 1. The standard InChI is InChI=1S/C16H16N2O3/c1-8-4-5-9(2)15(10(8)3)20-13-7-12-14(6-11(13)17)21-16(19)18-12/h4-7H,17H2,1-3H3,(H,18,19). The van der Waals surface area contributed by atoms with Gasteiger partial charge in [0.1, 0.15) is 5.75 Å². The monoisotopic (exact) mass is 284 g/mol. The number of rotatable bonds is 2. The summed E-state index contributed by atoms with van der Waals surface area (Å²) in [5.74, 6) is 0.771. The minimum absolute atomic E-state index is 0.419. The van der Waals surface area contributed by atoms with Gasteiger partial charge >= 0.3 is 5.76 Å². The molecule has 21 heavy (non-hydrogen) atoms. The number of hydrogen-bond donors (Lipinski definition) is 2. The highest BCUT2D eigenvalue weighted by Crippen LogP contribution is 2.35. The van der Waals surface area contributed by atoms with Gasteiger partial charge in [-0.1, -0.05) is 12.1 Å². The molecular formula is C16H16N2O3. The van der Waals surface area contributed by atoms with Crippen LogP contribution in [0.2, 0.25) is 0 Å². The van der Waals surface area contributed by atoms with Crippen molar-refractivity contribution < 1.29 is 9.15 Å². The van der Waals surface area contributed by atoms with Crippen LogP contribution in [0.1, 0.15) is 16.7 Å². The maximum atomic E-state index is 11.2. The number of benzene rings is 2. The van der Waals surface area contributed by atoms with Gasteiger partial charge < -0.3 is 14.9 Å². The lowest BCUT2D eigenvalue weighted by Crippen LogP contribution is -1.97. The van der Waals surface area contributed by atoms with Crippen molar-refractivity contribution in [3.63, 3.8) is 0 Å². The molecule has 3 N–H and O–H groups in total. The lowest BCUT2D eigenvalue weighted by Gasteiger charge is -2.14. The molecule has 0 radical (unpaired) electrons. The highest BCUT2D eigenvalue weighted by atomic mass is 16.5. The van der Waals surface area contributed by atoms with Gasteiger partial charge in [0.2, 0.25) is 0 Å². The minimum atomic E-state index is -0.510. The Kier molecular flexibility index (Phi) is 2.97. The highest BCUT2D eigenvalue weighted by Gasteiger charge is 2.12. The molecule has 0 aliphatic heterocycles. The first-order valence-corrected chi connectivity index (χ1v) is 6.62. The third-order valence-corrected chi connectivity index (χ3v) is 3.64. The molecule has 0 saturated carbocycles. The average molecular weight is 284 g/mol. The van der Waals surface area contributed by atoms with E-state index in [1.54, 1.807) is 12.1 Å². The Balaban J connectivity index is 2.12. The molecule has 0 aliphatic carbocycles. The summed E-state index contributed by atoms with van der Waals surface area (Å²) in [6, 6.07) is 7.32. The summed E-state index contributed by atoms with van der Waals surface area (Å²) in [6.07, 6.45) is 0. The van der Waals surface area contributed by atoms with Crippen molar-refractivity contribution in [1.29, 1.82) is 0 Å². The first kappa shape index (κ1) is 13.3. The zero-order valence-corrected chi connectivity index (χ0v) is 12.1. The van der Waals surface area contributed by atoms with Gasteiger partial charge in [-0.05, 0) is 37.5 Å². The molecule has 0 atom stereocenters. The van der Waals surface area contributed by atoms with Crippen LogP contribution in [0.15, 0.2) is 33.5 Å². The van der Waals surface area contributed by atoms with E-state index in [1.807, 2.05) is 26.8 Å². The molecule has 3 rings (SSSR count). The van der Waals surface area contributed by atoms with Gasteiger partial charge in [-0.15, -0.1) is 0 Å². The molecule has 0 spiro atoms. The summed E-state index contributed by atoms with van der Waals surface area (Å²) in [5.41, 5.74) is 10.6. The molecule has 0 saturated heterocycles. The molecule has 108 valence electrons. The van der Waals surface area contributed by atoms with Gasteiger partial charge in [0.05, 0.1) is 11.2 Å². The largest absolute Gasteiger partial charge is 0.455 e. The molecule has 0 unspecified atom stereocenters. The van der Waals surface area contributed by atoms with E-state index in [0.29, 0.717) is 22.5 Å². The van der Waals surface area contributed by atoms with E-state index in [0.717, 1.165) is 22.4 Å². The number of H-pyrrole nitrogens is 1. The predicted molar refractivity (Wildman–Crippen MR) is 82.0 cm³/mol. The topological polar surface area (TPSA) is 81.2 Å². The quantitative estimate of drug-likeness (QED) is 0.706. The Hall–Kier alpha value is -2.69. The van der Waals surface area contributed by atoms with E-state index in [-0.39, 0.29) is 0 Å². The molecule has 0 amide bonds. The Morgan fingerprint density at radius 2 is 1.86 bits per heavy atom. The van der Waals surface area contributed by atoms with Crippen molar-refractivity contribution in [2.45, 2.75) is 20.8 Å². The summed E-state index contributed by atoms with van der Waals surface area (Å²) in [5, 5.41) is 0. The van der Waals surface area contributed by atoms with Crippen molar-refractivity contribution in [2.75, 3.05) is 5.73 Å². The van der Waals surface area contributed by atoms with Crippen molar-refractivity contribution in [2.24, 2.45) is 0 Å². The zero-order chi connectivity index (χ0) is 15.1. The van der Waals surface area contributed by atoms with Crippen molar-refractivity contribution in [3.05, 3.63) is 51.5 Å². The van der Waals surface area contributed by atoms with Crippen LogP contribution >= 0.6 is 0 Å². The number of anilines is 1. The van der Waals surface area contributed by atoms with Gasteiger partial charge in [-0.3, -0.25) is 4.98 Å². The summed E-state index contributed by atoms with van der Waals surface area (Å²) < 4.78 is 11.0. The third-order valence-electron chi connectivity index (χ3n) is 3.64. The van der Waals surface area contributed by atoms with E-state index in [2.05, 4.69) is 11.1 Å². The molecule has 1 aromatic heterocycles. The van der Waals surface area contributed by atoms with Crippen LogP contribution in [-0.4, -0.2) is 4.98 Å². The molecular weight excluding hydrogens is 268 g/mol. The molecule has 3 aromatic rings. The number of hydrogen-bond acceptors (Lipinski definition) is 4. The van der Waals surface area contributed by atoms with Crippen LogP contribution in [0.3, 0.4) is 0 Å². The summed E-state index contributed by atoms with van der Waals surface area (Å²) in [6.45, 7) is 6.02. The van der Waals surface area contributed by atoms with E-state index in [1.165, 1.54) is 0 Å². The first-order valence-electron chi connectivity index (χ1n) is 6.62. The molecule has 5 heteroatoms. The SMILES string of the molecule is Cc1ccc(C)c(Oc2cc3[nH]c(=O)oc3cc2N)c1C. The second-order valence-electron chi connectivity index (χ2n) is 5.16. The van der Waals surface area contributed by atoms with E-state index < -0.39 is 5.76 Å². The fraction of sp³-hybridized carbons (Fsp3) is 0.188. The number of nitrogen functional groups attached to an aromatic ring is 1. The van der Waals surface area contributed by atoms with Gasteiger partial charge in [0.15, 0.2) is 11.3 Å². The third kappa shape index (κ3) is 2.27. The predicted octanol–water partition coefficient (Wildman–Crippen LogP) is 3.42. The van der Waals surface area contributed by atoms with Crippen LogP contribution in [0.25, 0.3) is 11.1 Å². The van der Waals surface area contributed by atoms with E-state index >= 15 is 0 Å². The first-order chi connectivity index (χ1) is 9.95. The van der Waals surface area contributed by atoms with Gasteiger partial charge in [-0.25, -0.2) is 4.79 Å². The summed E-state index contributed by atoms with van der Waals surface area (Å²) in [7, 11) is 0. The smallest absolute Gasteiger partial charge is 0.417 e. The van der Waals surface area contributed by atoms with Gasteiger partial charge in [0, 0.05) is 12.1 Å². The number of aromatic nitrogens is 1. The average Bonchev–Trinajstić information content (AvgIpc) is 2.78.